The van der Waals surface area contributed by atoms with Gasteiger partial charge in [-0.05, 0) is 51.8 Å². The molecule has 8 nitrogen and oxygen atoms in total. The summed E-state index contributed by atoms with van der Waals surface area (Å²) in [4.78, 5) is 34.9. The minimum absolute atomic E-state index is 0.0867. The molecule has 0 aromatic carbocycles. The lowest BCUT2D eigenvalue weighted by molar-refractivity contribution is -0.116. The molecule has 4 rings (SSSR count). The number of fused-ring (bicyclic) bond motifs is 3. The van der Waals surface area contributed by atoms with Crippen molar-refractivity contribution in [3.05, 3.63) is 31.6 Å². The lowest BCUT2D eigenvalue weighted by atomic mass is 9.97. The number of thiophene rings is 1. The Morgan fingerprint density at radius 3 is 2.72 bits per heavy atom. The van der Waals surface area contributed by atoms with Gasteiger partial charge in [-0.25, -0.2) is 4.98 Å². The number of amides is 1. The smallest absolute Gasteiger partial charge is 0.263 e. The summed E-state index contributed by atoms with van der Waals surface area (Å²) in [5, 5.41) is 12.8. The van der Waals surface area contributed by atoms with E-state index < -0.39 is 0 Å². The van der Waals surface area contributed by atoms with Crippen LogP contribution >= 0.6 is 22.7 Å². The number of hydrogen-bond acceptors (Lipinski definition) is 8. The zero-order valence-corrected chi connectivity index (χ0v) is 18.5. The van der Waals surface area contributed by atoms with Gasteiger partial charge >= 0.3 is 0 Å². The van der Waals surface area contributed by atoms with Gasteiger partial charge in [-0.15, -0.1) is 21.5 Å². The summed E-state index contributed by atoms with van der Waals surface area (Å²) >= 11 is 2.98. The molecule has 3 aromatic rings. The Bertz CT molecular complexity index is 1110. The van der Waals surface area contributed by atoms with Gasteiger partial charge in [-0.1, -0.05) is 18.3 Å². The lowest BCUT2D eigenvalue weighted by Gasteiger charge is -2.16. The van der Waals surface area contributed by atoms with Gasteiger partial charge in [0.1, 0.15) is 22.2 Å². The molecule has 154 valence electrons. The van der Waals surface area contributed by atoms with Crippen LogP contribution in [0.15, 0.2) is 4.79 Å². The molecule has 10 heteroatoms. The Balaban J connectivity index is 1.71. The molecule has 1 amide bonds. The minimum atomic E-state index is -0.295. The summed E-state index contributed by atoms with van der Waals surface area (Å²) in [7, 11) is 3.85. The second-order valence-corrected chi connectivity index (χ2v) is 9.60. The van der Waals surface area contributed by atoms with E-state index in [1.54, 1.807) is 11.3 Å². The maximum atomic E-state index is 13.4. The number of hydrogen-bond donors (Lipinski definition) is 1. The first kappa shape index (κ1) is 20.1. The van der Waals surface area contributed by atoms with Gasteiger partial charge < -0.3 is 4.90 Å². The molecule has 0 aliphatic heterocycles. The second kappa shape index (κ2) is 8.29. The maximum absolute atomic E-state index is 13.4. The van der Waals surface area contributed by atoms with Crippen molar-refractivity contribution in [1.82, 2.24) is 24.6 Å². The molecule has 3 aromatic heterocycles. The van der Waals surface area contributed by atoms with E-state index in [1.807, 2.05) is 25.9 Å². The summed E-state index contributed by atoms with van der Waals surface area (Å²) < 4.78 is 1.51. The van der Waals surface area contributed by atoms with Crippen molar-refractivity contribution in [3.63, 3.8) is 0 Å². The van der Waals surface area contributed by atoms with Crippen LogP contribution in [0.3, 0.4) is 0 Å². The van der Waals surface area contributed by atoms with Crippen molar-refractivity contribution < 1.29 is 4.79 Å². The van der Waals surface area contributed by atoms with Crippen LogP contribution in [0.25, 0.3) is 10.2 Å². The van der Waals surface area contributed by atoms with Crippen molar-refractivity contribution in [1.29, 1.82) is 0 Å². The normalized spacial score (nSPS) is 13.8. The van der Waals surface area contributed by atoms with Crippen LogP contribution in [0, 0.1) is 0 Å². The molecule has 0 atom stereocenters. The molecule has 0 spiro atoms. The maximum Gasteiger partial charge on any atom is 0.263 e. The van der Waals surface area contributed by atoms with Crippen LogP contribution in [0.4, 0.5) is 5.13 Å². The average molecular weight is 433 g/mol. The van der Waals surface area contributed by atoms with Gasteiger partial charge in [0.25, 0.3) is 5.56 Å². The van der Waals surface area contributed by atoms with Crippen LogP contribution in [-0.4, -0.2) is 44.7 Å². The standard InChI is InChI=1S/C19H24N6O2S2/c1-4-15-22-23-19(29-15)21-14(26)10-25-13(9-24(2)3)20-17-16(18(25)27)11-7-5-6-8-12(11)28-17/h4-10H2,1-3H3,(H,21,23,26). The fourth-order valence-corrected chi connectivity index (χ4v) is 5.56. The molecule has 0 unspecified atom stereocenters. The van der Waals surface area contributed by atoms with Crippen LogP contribution < -0.4 is 10.9 Å². The first-order chi connectivity index (χ1) is 14.0. The van der Waals surface area contributed by atoms with Crippen LogP contribution in [0.1, 0.15) is 41.0 Å². The first-order valence-electron chi connectivity index (χ1n) is 9.77. The Morgan fingerprint density at radius 2 is 2.00 bits per heavy atom. The largest absolute Gasteiger partial charge is 0.302 e. The summed E-state index contributed by atoms with van der Waals surface area (Å²) in [5.41, 5.74) is 1.02. The molecule has 0 saturated heterocycles. The second-order valence-electron chi connectivity index (χ2n) is 7.45. The van der Waals surface area contributed by atoms with E-state index in [1.165, 1.54) is 20.8 Å². The molecule has 0 radical (unpaired) electrons. The fourth-order valence-electron chi connectivity index (χ4n) is 3.60. The molecular formula is C19H24N6O2S2. The van der Waals surface area contributed by atoms with E-state index in [0.717, 1.165) is 47.5 Å². The molecular weight excluding hydrogens is 408 g/mol. The van der Waals surface area contributed by atoms with Gasteiger partial charge in [0.05, 0.1) is 11.9 Å². The Hall–Kier alpha value is -2.17. The van der Waals surface area contributed by atoms with Crippen LogP contribution in [0.5, 0.6) is 0 Å². The predicted octanol–water partition coefficient (Wildman–Crippen LogP) is 2.45. The lowest BCUT2D eigenvalue weighted by Crippen LogP contribution is -2.33. The number of rotatable bonds is 6. The molecule has 1 N–H and O–H groups in total. The van der Waals surface area contributed by atoms with E-state index in [0.29, 0.717) is 22.9 Å². The van der Waals surface area contributed by atoms with Crippen molar-refractivity contribution in [2.45, 2.75) is 52.1 Å². The highest BCUT2D eigenvalue weighted by molar-refractivity contribution is 7.18. The molecule has 1 aliphatic rings. The average Bonchev–Trinajstić information content (AvgIpc) is 3.28. The Labute approximate surface area is 176 Å². The highest BCUT2D eigenvalue weighted by Gasteiger charge is 2.23. The zero-order valence-electron chi connectivity index (χ0n) is 16.8. The zero-order chi connectivity index (χ0) is 20.5. The first-order valence-corrected chi connectivity index (χ1v) is 11.4. The van der Waals surface area contributed by atoms with Gasteiger partial charge in [0.2, 0.25) is 11.0 Å². The number of aromatic nitrogens is 4. The van der Waals surface area contributed by atoms with E-state index >= 15 is 0 Å². The quantitative estimate of drug-likeness (QED) is 0.643. The van der Waals surface area contributed by atoms with Crippen LogP contribution in [0.2, 0.25) is 0 Å². The summed E-state index contributed by atoms with van der Waals surface area (Å²) in [5.74, 6) is 0.309. The summed E-state index contributed by atoms with van der Waals surface area (Å²) in [6.45, 7) is 2.39. The number of aryl methyl sites for hydroxylation is 3. The number of nitrogens with zero attached hydrogens (tertiary/aromatic N) is 5. The van der Waals surface area contributed by atoms with Gasteiger partial charge in [0, 0.05) is 4.88 Å². The molecule has 0 fully saturated rings. The van der Waals surface area contributed by atoms with Crippen molar-refractivity contribution >= 4 is 43.9 Å². The van der Waals surface area contributed by atoms with E-state index in [4.69, 9.17) is 4.98 Å². The predicted molar refractivity (Wildman–Crippen MR) is 116 cm³/mol. The summed E-state index contributed by atoms with van der Waals surface area (Å²) in [6, 6.07) is 0. The van der Waals surface area contributed by atoms with Crippen molar-refractivity contribution in [3.8, 4) is 0 Å². The van der Waals surface area contributed by atoms with Gasteiger partial charge in [0.15, 0.2) is 0 Å². The minimum Gasteiger partial charge on any atom is -0.302 e. The number of carbonyl (C=O) groups is 1. The molecule has 0 saturated carbocycles. The topological polar surface area (TPSA) is 93.0 Å². The molecule has 29 heavy (non-hydrogen) atoms. The van der Waals surface area contributed by atoms with Crippen LogP contribution in [-0.2, 0) is 37.1 Å². The summed E-state index contributed by atoms with van der Waals surface area (Å²) in [6.07, 6.45) is 4.94. The monoisotopic (exact) mass is 432 g/mol. The third-order valence-corrected chi connectivity index (χ3v) is 7.10. The molecule has 0 bridgehead atoms. The van der Waals surface area contributed by atoms with Gasteiger partial charge in [-0.3, -0.25) is 19.5 Å². The van der Waals surface area contributed by atoms with E-state index in [2.05, 4.69) is 15.5 Å². The number of carbonyl (C=O) groups excluding carboxylic acids is 1. The van der Waals surface area contributed by atoms with Crippen molar-refractivity contribution in [2.24, 2.45) is 0 Å². The fraction of sp³-hybridized carbons (Fsp3) is 0.526. The van der Waals surface area contributed by atoms with Gasteiger partial charge in [-0.2, -0.15) is 0 Å². The highest BCUT2D eigenvalue weighted by Crippen LogP contribution is 2.33. The number of anilines is 1. The third kappa shape index (κ3) is 4.10. The molecule has 1 aliphatic carbocycles. The Morgan fingerprint density at radius 1 is 1.21 bits per heavy atom. The van der Waals surface area contributed by atoms with E-state index in [-0.39, 0.29) is 18.0 Å². The number of nitrogens with one attached hydrogen (secondary N) is 1. The van der Waals surface area contributed by atoms with E-state index in [9.17, 15) is 9.59 Å². The van der Waals surface area contributed by atoms with Crippen molar-refractivity contribution in [2.75, 3.05) is 19.4 Å². The highest BCUT2D eigenvalue weighted by atomic mass is 32.1. The SMILES string of the molecule is CCc1nnc(NC(=O)Cn2c(CN(C)C)nc3sc4c(c3c2=O)CCCC4)s1. The Kier molecular flexibility index (Phi) is 5.75. The molecule has 3 heterocycles. The third-order valence-electron chi connectivity index (χ3n) is 4.93.